The van der Waals surface area contributed by atoms with Crippen LogP contribution < -0.4 is 0 Å². The first kappa shape index (κ1) is 8.74. The Bertz CT molecular complexity index is 273. The molecule has 0 aromatic carbocycles. The fraction of sp³-hybridized carbons (Fsp3) is 0.583. The molecule has 0 amide bonds. The molecule has 2 unspecified atom stereocenters. The summed E-state index contributed by atoms with van der Waals surface area (Å²) in [6.07, 6.45) is 10.2. The van der Waals surface area contributed by atoms with Gasteiger partial charge in [0, 0.05) is 12.8 Å². The van der Waals surface area contributed by atoms with E-state index in [9.17, 15) is 4.79 Å². The number of fused-ring (bicyclic) bond motifs is 1. The van der Waals surface area contributed by atoms with E-state index in [-0.39, 0.29) is 0 Å². The Balaban J connectivity index is 2.24. The zero-order chi connectivity index (χ0) is 9.26. The predicted octanol–water partition coefficient (Wildman–Crippen LogP) is 2.88. The van der Waals surface area contributed by atoms with Crippen LogP contribution in [0.5, 0.6) is 0 Å². The van der Waals surface area contributed by atoms with Crippen molar-refractivity contribution in [1.82, 2.24) is 0 Å². The quantitative estimate of drug-likeness (QED) is 0.554. The van der Waals surface area contributed by atoms with Crippen LogP contribution in [0.25, 0.3) is 0 Å². The first-order valence-electron chi connectivity index (χ1n) is 5.15. The van der Waals surface area contributed by atoms with E-state index >= 15 is 0 Å². The lowest BCUT2D eigenvalue weighted by molar-refractivity contribution is -0.119. The van der Waals surface area contributed by atoms with Gasteiger partial charge in [-0.3, -0.25) is 4.79 Å². The van der Waals surface area contributed by atoms with Crippen LogP contribution in [0.15, 0.2) is 23.8 Å². The summed E-state index contributed by atoms with van der Waals surface area (Å²) >= 11 is 0. The Labute approximate surface area is 79.5 Å². The molecule has 1 nitrogen and oxygen atoms in total. The average Bonchev–Trinajstić information content (AvgIpc) is 2.27. The van der Waals surface area contributed by atoms with Crippen molar-refractivity contribution in [3.05, 3.63) is 23.8 Å². The van der Waals surface area contributed by atoms with Crippen LogP contribution in [0.1, 0.15) is 32.6 Å². The van der Waals surface area contributed by atoms with Gasteiger partial charge in [0.1, 0.15) is 5.78 Å². The summed E-state index contributed by atoms with van der Waals surface area (Å²) in [5.74, 6) is 1.59. The second-order valence-electron chi connectivity index (χ2n) is 4.21. The number of hydrogen-bond donors (Lipinski definition) is 0. The van der Waals surface area contributed by atoms with Crippen molar-refractivity contribution in [3.63, 3.8) is 0 Å². The molecule has 2 aliphatic rings. The molecule has 1 heteroatoms. The monoisotopic (exact) mass is 176 g/mol. The Morgan fingerprint density at radius 1 is 1.46 bits per heavy atom. The van der Waals surface area contributed by atoms with Crippen LogP contribution in [-0.4, -0.2) is 5.78 Å². The molecule has 0 heterocycles. The second-order valence-corrected chi connectivity index (χ2v) is 4.21. The summed E-state index contributed by atoms with van der Waals surface area (Å²) in [6.45, 7) is 2.25. The molecule has 0 N–H and O–H groups in total. The van der Waals surface area contributed by atoms with Gasteiger partial charge in [0.25, 0.3) is 0 Å². The first-order valence-corrected chi connectivity index (χ1v) is 5.15. The van der Waals surface area contributed by atoms with Crippen molar-refractivity contribution in [3.8, 4) is 0 Å². The average molecular weight is 176 g/mol. The Morgan fingerprint density at radius 3 is 3.15 bits per heavy atom. The number of allylic oxidation sites excluding steroid dienone is 4. The molecule has 0 aromatic heterocycles. The molecule has 70 valence electrons. The van der Waals surface area contributed by atoms with Gasteiger partial charge in [-0.25, -0.2) is 0 Å². The number of hydrogen-bond acceptors (Lipinski definition) is 1. The number of Topliss-reactive ketones (excluding diaryl/α,β-unsaturated/α-hetero) is 1. The third-order valence-electron chi connectivity index (χ3n) is 3.22. The molecule has 0 bridgehead atoms. The normalized spacial score (nSPS) is 33.6. The third kappa shape index (κ3) is 1.74. The van der Waals surface area contributed by atoms with Crippen LogP contribution >= 0.6 is 0 Å². The van der Waals surface area contributed by atoms with E-state index in [1.54, 1.807) is 0 Å². The molecule has 2 rings (SSSR count). The maximum absolute atomic E-state index is 11.4. The van der Waals surface area contributed by atoms with Gasteiger partial charge in [0.05, 0.1) is 0 Å². The minimum absolute atomic E-state index is 0.454. The minimum Gasteiger partial charge on any atom is -0.300 e. The molecule has 0 aliphatic heterocycles. The fourth-order valence-corrected chi connectivity index (χ4v) is 2.38. The molecule has 0 spiro atoms. The van der Waals surface area contributed by atoms with Crippen molar-refractivity contribution >= 4 is 5.78 Å². The number of rotatable bonds is 0. The predicted molar refractivity (Wildman–Crippen MR) is 53.4 cm³/mol. The Hall–Kier alpha value is -0.850. The van der Waals surface area contributed by atoms with E-state index in [0.717, 1.165) is 25.7 Å². The smallest absolute Gasteiger partial charge is 0.133 e. The largest absolute Gasteiger partial charge is 0.300 e. The molecule has 0 aromatic rings. The van der Waals surface area contributed by atoms with Gasteiger partial charge in [0.15, 0.2) is 0 Å². The summed E-state index contributed by atoms with van der Waals surface area (Å²) in [4.78, 5) is 11.4. The second kappa shape index (κ2) is 3.49. The Kier molecular flexibility index (Phi) is 2.34. The van der Waals surface area contributed by atoms with Gasteiger partial charge >= 0.3 is 0 Å². The first-order chi connectivity index (χ1) is 6.27. The van der Waals surface area contributed by atoms with E-state index in [0.29, 0.717) is 17.6 Å². The topological polar surface area (TPSA) is 17.1 Å². The number of carbonyl (C=O) groups excluding carboxylic acids is 1. The molecule has 2 atom stereocenters. The highest BCUT2D eigenvalue weighted by atomic mass is 16.1. The van der Waals surface area contributed by atoms with Gasteiger partial charge in [0.2, 0.25) is 0 Å². The maximum Gasteiger partial charge on any atom is 0.133 e. The van der Waals surface area contributed by atoms with Crippen molar-refractivity contribution in [2.45, 2.75) is 32.6 Å². The summed E-state index contributed by atoms with van der Waals surface area (Å²) in [5, 5.41) is 0. The lowest BCUT2D eigenvalue weighted by Crippen LogP contribution is -2.11. The fourth-order valence-electron chi connectivity index (χ4n) is 2.38. The number of carbonyl (C=O) groups is 1. The summed E-state index contributed by atoms with van der Waals surface area (Å²) < 4.78 is 0. The lowest BCUT2D eigenvalue weighted by Gasteiger charge is -2.22. The van der Waals surface area contributed by atoms with Crippen molar-refractivity contribution < 1.29 is 4.79 Å². The zero-order valence-electron chi connectivity index (χ0n) is 8.12. The lowest BCUT2D eigenvalue weighted by atomic mass is 9.83. The van der Waals surface area contributed by atoms with E-state index in [2.05, 4.69) is 25.2 Å². The van der Waals surface area contributed by atoms with Crippen LogP contribution in [0.2, 0.25) is 0 Å². The SMILES string of the molecule is CC1CCC(=O)CC2CC=CC=C12. The maximum atomic E-state index is 11.4. The molecule has 0 saturated heterocycles. The van der Waals surface area contributed by atoms with Gasteiger partial charge in [-0.2, -0.15) is 0 Å². The Morgan fingerprint density at radius 2 is 2.31 bits per heavy atom. The summed E-state index contributed by atoms with van der Waals surface area (Å²) in [6, 6.07) is 0. The summed E-state index contributed by atoms with van der Waals surface area (Å²) in [7, 11) is 0. The van der Waals surface area contributed by atoms with E-state index in [1.165, 1.54) is 5.57 Å². The highest BCUT2D eigenvalue weighted by molar-refractivity contribution is 5.79. The number of ketones is 1. The molecule has 2 aliphatic carbocycles. The van der Waals surface area contributed by atoms with Crippen molar-refractivity contribution in [2.24, 2.45) is 11.8 Å². The third-order valence-corrected chi connectivity index (χ3v) is 3.22. The molecule has 1 fully saturated rings. The van der Waals surface area contributed by atoms with Crippen LogP contribution in [0, 0.1) is 11.8 Å². The van der Waals surface area contributed by atoms with Crippen LogP contribution in [-0.2, 0) is 4.79 Å². The van der Waals surface area contributed by atoms with Crippen LogP contribution in [0.3, 0.4) is 0 Å². The van der Waals surface area contributed by atoms with Crippen LogP contribution in [0.4, 0.5) is 0 Å². The minimum atomic E-state index is 0.454. The van der Waals surface area contributed by atoms with Crippen molar-refractivity contribution in [2.75, 3.05) is 0 Å². The summed E-state index contributed by atoms with van der Waals surface area (Å²) in [5.41, 5.74) is 1.51. The molecular formula is C12H16O. The zero-order valence-corrected chi connectivity index (χ0v) is 8.12. The van der Waals surface area contributed by atoms with E-state index in [1.807, 2.05) is 0 Å². The van der Waals surface area contributed by atoms with Crippen molar-refractivity contribution in [1.29, 1.82) is 0 Å². The highest BCUT2D eigenvalue weighted by Crippen LogP contribution is 2.35. The van der Waals surface area contributed by atoms with E-state index in [4.69, 9.17) is 0 Å². The van der Waals surface area contributed by atoms with Gasteiger partial charge in [-0.05, 0) is 24.7 Å². The highest BCUT2D eigenvalue weighted by Gasteiger charge is 2.26. The molecule has 1 saturated carbocycles. The van der Waals surface area contributed by atoms with Gasteiger partial charge in [-0.15, -0.1) is 0 Å². The molecule has 13 heavy (non-hydrogen) atoms. The van der Waals surface area contributed by atoms with Gasteiger partial charge in [-0.1, -0.05) is 30.7 Å². The molecular weight excluding hydrogens is 160 g/mol. The van der Waals surface area contributed by atoms with Gasteiger partial charge < -0.3 is 0 Å². The molecule has 0 radical (unpaired) electrons. The standard InChI is InChI=1S/C12H16O/c1-9-6-7-11(13)8-10-4-2-3-5-12(9)10/h2-3,5,9-10H,4,6-8H2,1H3. The van der Waals surface area contributed by atoms with E-state index < -0.39 is 0 Å².